The van der Waals surface area contributed by atoms with Gasteiger partial charge in [0.05, 0.1) is 0 Å². The van der Waals surface area contributed by atoms with Gasteiger partial charge in [-0.15, -0.1) is 0 Å². The van der Waals surface area contributed by atoms with Gasteiger partial charge in [-0.25, -0.2) is 4.99 Å². The zero-order chi connectivity index (χ0) is 8.55. The van der Waals surface area contributed by atoms with Crippen molar-refractivity contribution in [1.29, 1.82) is 0 Å². The van der Waals surface area contributed by atoms with Crippen LogP contribution in [0.5, 0.6) is 0 Å². The predicted molar refractivity (Wildman–Crippen MR) is 48.5 cm³/mol. The first-order valence-corrected chi connectivity index (χ1v) is 4.15. The van der Waals surface area contributed by atoms with Crippen LogP contribution in [-0.4, -0.2) is 11.5 Å². The van der Waals surface area contributed by atoms with E-state index in [4.69, 9.17) is 23.2 Å². The van der Waals surface area contributed by atoms with Crippen LogP contribution in [0.15, 0.2) is 28.2 Å². The topological polar surface area (TPSA) is 48.5 Å². The normalized spacial score (nSPS) is 26.5. The maximum absolute atomic E-state index is 5.85. The van der Waals surface area contributed by atoms with E-state index in [9.17, 15) is 0 Å². The maximum atomic E-state index is 5.85. The van der Waals surface area contributed by atoms with E-state index in [1.54, 1.807) is 12.4 Å². The van der Waals surface area contributed by atoms with Crippen molar-refractivity contribution in [2.45, 2.75) is 5.62 Å². The standard InChI is InChI=1S/C6H6Cl2N4/c7-4-3-5(10-2-1-9-3)12-6(8)11-4/h1-2,6,9,11H,(H,10,12)/t6-/m1/s1. The first-order valence-electron chi connectivity index (χ1n) is 3.34. The first-order chi connectivity index (χ1) is 5.77. The van der Waals surface area contributed by atoms with Crippen LogP contribution < -0.4 is 16.0 Å². The highest BCUT2D eigenvalue weighted by molar-refractivity contribution is 6.33. The number of rotatable bonds is 0. The van der Waals surface area contributed by atoms with E-state index in [0.717, 1.165) is 5.70 Å². The number of fused-ring (bicyclic) bond motifs is 1. The van der Waals surface area contributed by atoms with Crippen LogP contribution >= 0.6 is 23.2 Å². The second-order valence-corrected chi connectivity index (χ2v) is 3.06. The van der Waals surface area contributed by atoms with Crippen molar-refractivity contribution >= 4 is 29.0 Å². The van der Waals surface area contributed by atoms with Crippen LogP contribution in [0.1, 0.15) is 0 Å². The van der Waals surface area contributed by atoms with Gasteiger partial charge in [0.2, 0.25) is 0 Å². The molecule has 0 bridgehead atoms. The minimum Gasteiger partial charge on any atom is -0.355 e. The lowest BCUT2D eigenvalue weighted by Gasteiger charge is -2.23. The van der Waals surface area contributed by atoms with Gasteiger partial charge in [-0.1, -0.05) is 23.2 Å². The van der Waals surface area contributed by atoms with E-state index in [2.05, 4.69) is 20.9 Å². The van der Waals surface area contributed by atoms with Crippen molar-refractivity contribution in [2.24, 2.45) is 4.99 Å². The predicted octanol–water partition coefficient (Wildman–Crippen LogP) is 0.582. The molecule has 2 heterocycles. The fraction of sp³-hybridized carbons (Fsp3) is 0.167. The molecule has 0 spiro atoms. The van der Waals surface area contributed by atoms with Crippen molar-refractivity contribution in [1.82, 2.24) is 16.0 Å². The van der Waals surface area contributed by atoms with Crippen molar-refractivity contribution in [2.75, 3.05) is 0 Å². The lowest BCUT2D eigenvalue weighted by molar-refractivity contribution is 0.752. The van der Waals surface area contributed by atoms with Crippen LogP contribution in [-0.2, 0) is 0 Å². The number of aliphatic imine (C=N–C) groups is 1. The molecular formula is C6H6Cl2N4. The van der Waals surface area contributed by atoms with Crippen LogP contribution in [0.2, 0.25) is 0 Å². The van der Waals surface area contributed by atoms with Gasteiger partial charge in [0.15, 0.2) is 11.5 Å². The number of halogens is 2. The molecule has 1 atom stereocenters. The van der Waals surface area contributed by atoms with Gasteiger partial charge in [0, 0.05) is 12.4 Å². The van der Waals surface area contributed by atoms with Gasteiger partial charge in [0.1, 0.15) is 10.9 Å². The van der Waals surface area contributed by atoms with Gasteiger partial charge in [-0.2, -0.15) is 0 Å². The summed E-state index contributed by atoms with van der Waals surface area (Å²) in [5, 5.41) is 9.10. The van der Waals surface area contributed by atoms with E-state index in [-0.39, 0.29) is 0 Å². The number of alkyl halides is 1. The molecule has 0 fully saturated rings. The Balaban J connectivity index is 2.38. The Labute approximate surface area is 79.3 Å². The molecule has 64 valence electrons. The number of hydrogen-bond acceptors (Lipinski definition) is 4. The summed E-state index contributed by atoms with van der Waals surface area (Å²) in [4.78, 5) is 4.06. The summed E-state index contributed by atoms with van der Waals surface area (Å²) in [7, 11) is 0. The van der Waals surface area contributed by atoms with Crippen molar-refractivity contribution in [3.63, 3.8) is 0 Å². The first kappa shape index (κ1) is 7.76. The molecule has 0 aliphatic carbocycles. The number of nitrogens with one attached hydrogen (secondary N) is 3. The minimum absolute atomic E-state index is 0.469. The average Bonchev–Trinajstić information content (AvgIpc) is 2.04. The highest BCUT2D eigenvalue weighted by atomic mass is 35.5. The van der Waals surface area contributed by atoms with Gasteiger partial charge in [-0.05, 0) is 0 Å². The van der Waals surface area contributed by atoms with E-state index in [1.807, 2.05) is 0 Å². The third kappa shape index (κ3) is 1.23. The summed E-state index contributed by atoms with van der Waals surface area (Å²) in [5.74, 6) is 0.654. The summed E-state index contributed by atoms with van der Waals surface area (Å²) < 4.78 is 0. The lowest BCUT2D eigenvalue weighted by Crippen LogP contribution is -2.40. The molecule has 4 nitrogen and oxygen atoms in total. The molecule has 0 aromatic carbocycles. The summed E-state index contributed by atoms with van der Waals surface area (Å²) in [6.45, 7) is 0. The largest absolute Gasteiger partial charge is 0.355 e. The SMILES string of the molecule is ClC1=C2NC=CNC2=N[C@H](Cl)N1. The Hall–Kier alpha value is -0.870. The van der Waals surface area contributed by atoms with Gasteiger partial charge >= 0.3 is 0 Å². The maximum Gasteiger partial charge on any atom is 0.198 e. The molecule has 0 unspecified atom stereocenters. The van der Waals surface area contributed by atoms with E-state index in [0.29, 0.717) is 11.0 Å². The Kier molecular flexibility index (Phi) is 1.86. The van der Waals surface area contributed by atoms with Crippen molar-refractivity contribution < 1.29 is 0 Å². The molecule has 2 rings (SSSR count). The molecule has 2 aliphatic heterocycles. The van der Waals surface area contributed by atoms with Crippen LogP contribution in [0, 0.1) is 0 Å². The number of hydrogen-bond donors (Lipinski definition) is 3. The van der Waals surface area contributed by atoms with Crippen molar-refractivity contribution in [3.8, 4) is 0 Å². The monoisotopic (exact) mass is 204 g/mol. The fourth-order valence-electron chi connectivity index (χ4n) is 0.978. The molecule has 0 amide bonds. The Bertz CT molecular complexity index is 294. The van der Waals surface area contributed by atoms with Crippen LogP contribution in [0.3, 0.4) is 0 Å². The second kappa shape index (κ2) is 2.88. The molecule has 6 heteroatoms. The highest BCUT2D eigenvalue weighted by Crippen LogP contribution is 2.15. The minimum atomic E-state index is -0.503. The Morgan fingerprint density at radius 1 is 1.33 bits per heavy atom. The van der Waals surface area contributed by atoms with Crippen LogP contribution in [0.25, 0.3) is 0 Å². The zero-order valence-corrected chi connectivity index (χ0v) is 7.45. The molecule has 3 N–H and O–H groups in total. The van der Waals surface area contributed by atoms with Gasteiger partial charge < -0.3 is 16.0 Å². The van der Waals surface area contributed by atoms with E-state index in [1.165, 1.54) is 0 Å². The van der Waals surface area contributed by atoms with Crippen molar-refractivity contribution in [3.05, 3.63) is 23.3 Å². The Morgan fingerprint density at radius 2 is 2.08 bits per heavy atom. The third-order valence-electron chi connectivity index (χ3n) is 1.48. The fourth-order valence-corrected chi connectivity index (χ4v) is 1.49. The third-order valence-corrected chi connectivity index (χ3v) is 1.98. The Morgan fingerprint density at radius 3 is 2.92 bits per heavy atom. The highest BCUT2D eigenvalue weighted by Gasteiger charge is 2.20. The summed E-state index contributed by atoms with van der Waals surface area (Å²) >= 11 is 11.6. The van der Waals surface area contributed by atoms with Gasteiger partial charge in [-0.3, -0.25) is 0 Å². The molecule has 0 aromatic heterocycles. The lowest BCUT2D eigenvalue weighted by atomic mass is 10.3. The molecule has 2 aliphatic rings. The summed E-state index contributed by atoms with van der Waals surface area (Å²) in [6.07, 6.45) is 3.45. The molecule has 12 heavy (non-hydrogen) atoms. The van der Waals surface area contributed by atoms with E-state index >= 15 is 0 Å². The van der Waals surface area contributed by atoms with E-state index < -0.39 is 5.62 Å². The molecular weight excluding hydrogens is 199 g/mol. The average molecular weight is 205 g/mol. The molecule has 0 saturated heterocycles. The number of nitrogens with zero attached hydrogens (tertiary/aromatic N) is 1. The summed E-state index contributed by atoms with van der Waals surface area (Å²) in [6, 6.07) is 0. The number of amidine groups is 1. The molecule has 0 aromatic rings. The second-order valence-electron chi connectivity index (χ2n) is 2.27. The zero-order valence-electron chi connectivity index (χ0n) is 5.94. The molecule has 0 radical (unpaired) electrons. The van der Waals surface area contributed by atoms with Gasteiger partial charge in [0.25, 0.3) is 0 Å². The van der Waals surface area contributed by atoms with Crippen LogP contribution in [0.4, 0.5) is 0 Å². The quantitative estimate of drug-likeness (QED) is 0.400. The molecule has 0 saturated carbocycles. The summed E-state index contributed by atoms with van der Waals surface area (Å²) in [5.41, 5.74) is 0.216. The smallest absolute Gasteiger partial charge is 0.198 e.